The second-order valence-corrected chi connectivity index (χ2v) is 7.42. The Labute approximate surface area is 136 Å². The van der Waals surface area contributed by atoms with Crippen molar-refractivity contribution in [3.63, 3.8) is 0 Å². The van der Waals surface area contributed by atoms with E-state index in [-0.39, 0.29) is 11.8 Å². The van der Waals surface area contributed by atoms with Crippen LogP contribution in [0.25, 0.3) is 0 Å². The van der Waals surface area contributed by atoms with Gasteiger partial charge in [-0.15, -0.1) is 11.3 Å². The van der Waals surface area contributed by atoms with Crippen LogP contribution in [0.5, 0.6) is 0 Å². The number of carbonyl (C=O) groups excluding carboxylic acids is 2. The predicted octanol–water partition coefficient (Wildman–Crippen LogP) is 2.92. The van der Waals surface area contributed by atoms with Crippen molar-refractivity contribution in [1.29, 1.82) is 0 Å². The molecule has 2 fully saturated rings. The molecule has 2 amide bonds. The van der Waals surface area contributed by atoms with Crippen LogP contribution in [-0.4, -0.2) is 47.3 Å². The number of fused-ring (bicyclic) bond motifs is 1. The predicted molar refractivity (Wildman–Crippen MR) is 88.1 cm³/mol. The second-order valence-electron chi connectivity index (χ2n) is 6.51. The van der Waals surface area contributed by atoms with Crippen LogP contribution in [0.15, 0.2) is 11.4 Å². The largest absolute Gasteiger partial charge is 0.340 e. The molecule has 0 aromatic carbocycles. The molecule has 1 aromatic rings. The van der Waals surface area contributed by atoms with Crippen molar-refractivity contribution in [2.45, 2.75) is 45.6 Å². The molecule has 0 bridgehead atoms. The average molecular weight is 320 g/mol. The molecule has 0 spiro atoms. The van der Waals surface area contributed by atoms with E-state index in [0.717, 1.165) is 55.8 Å². The summed E-state index contributed by atoms with van der Waals surface area (Å²) in [5.74, 6) is 0.791. The Kier molecular flexibility index (Phi) is 4.52. The zero-order valence-electron chi connectivity index (χ0n) is 13.4. The number of amides is 2. The Bertz CT molecular complexity index is 569. The van der Waals surface area contributed by atoms with Gasteiger partial charge in [0.2, 0.25) is 5.91 Å². The average Bonchev–Trinajstić information content (AvgIpc) is 2.81. The highest BCUT2D eigenvalue weighted by atomic mass is 32.1. The van der Waals surface area contributed by atoms with Gasteiger partial charge in [0.05, 0.1) is 4.88 Å². The minimum absolute atomic E-state index is 0.171. The molecule has 0 radical (unpaired) electrons. The van der Waals surface area contributed by atoms with Crippen molar-refractivity contribution in [1.82, 2.24) is 9.80 Å². The summed E-state index contributed by atoms with van der Waals surface area (Å²) >= 11 is 1.53. The molecule has 0 N–H and O–H groups in total. The lowest BCUT2D eigenvalue weighted by Gasteiger charge is -2.42. The number of aryl methyl sites for hydroxylation is 1. The van der Waals surface area contributed by atoms with Crippen LogP contribution < -0.4 is 0 Å². The Balaban J connectivity index is 1.74. The van der Waals surface area contributed by atoms with Crippen molar-refractivity contribution < 1.29 is 9.59 Å². The summed E-state index contributed by atoms with van der Waals surface area (Å²) in [5.41, 5.74) is 1.07. The van der Waals surface area contributed by atoms with Gasteiger partial charge in [0.1, 0.15) is 0 Å². The summed E-state index contributed by atoms with van der Waals surface area (Å²) in [6.07, 6.45) is 4.29. The highest BCUT2D eigenvalue weighted by molar-refractivity contribution is 7.12. The van der Waals surface area contributed by atoms with Gasteiger partial charge in [-0.1, -0.05) is 6.42 Å². The van der Waals surface area contributed by atoms with E-state index in [9.17, 15) is 9.59 Å². The molecule has 0 unspecified atom stereocenters. The standard InChI is InChI=1S/C17H24N2O2S/c1-12-7-10-22-16(12)17(21)18-9-6-15-14(11-18)5-3-4-8-19(15)13(2)20/h7,10,14-15H,3-6,8-9,11H2,1-2H3/t14-,15-/m1/s1. The summed E-state index contributed by atoms with van der Waals surface area (Å²) in [4.78, 5) is 29.5. The molecule has 4 nitrogen and oxygen atoms in total. The maximum Gasteiger partial charge on any atom is 0.264 e. The molecule has 5 heteroatoms. The fourth-order valence-electron chi connectivity index (χ4n) is 3.88. The molecule has 2 saturated heterocycles. The summed E-state index contributed by atoms with van der Waals surface area (Å²) in [6, 6.07) is 2.34. The first-order valence-electron chi connectivity index (χ1n) is 8.18. The maximum atomic E-state index is 12.7. The highest BCUT2D eigenvalue weighted by Crippen LogP contribution is 2.31. The molecule has 3 heterocycles. The van der Waals surface area contributed by atoms with Crippen LogP contribution in [0.1, 0.15) is 47.8 Å². The van der Waals surface area contributed by atoms with Gasteiger partial charge in [0, 0.05) is 32.6 Å². The number of rotatable bonds is 1. The smallest absolute Gasteiger partial charge is 0.264 e. The summed E-state index contributed by atoms with van der Waals surface area (Å²) < 4.78 is 0. The number of hydrogen-bond acceptors (Lipinski definition) is 3. The molecule has 3 rings (SSSR count). The SMILES string of the molecule is CC(=O)N1CCCC[C@@H]2CN(C(=O)c3sccc3C)CC[C@H]21. The number of hydrogen-bond donors (Lipinski definition) is 0. The fourth-order valence-corrected chi connectivity index (χ4v) is 4.77. The second kappa shape index (κ2) is 6.41. The Hall–Kier alpha value is -1.36. The van der Waals surface area contributed by atoms with Gasteiger partial charge in [0.25, 0.3) is 5.91 Å². The van der Waals surface area contributed by atoms with E-state index >= 15 is 0 Å². The Morgan fingerprint density at radius 2 is 2.05 bits per heavy atom. The molecule has 1 aromatic heterocycles. The fraction of sp³-hybridized carbons (Fsp3) is 0.647. The minimum atomic E-state index is 0.171. The highest BCUT2D eigenvalue weighted by Gasteiger charge is 2.37. The van der Waals surface area contributed by atoms with Crippen LogP contribution in [-0.2, 0) is 4.79 Å². The normalized spacial score (nSPS) is 25.5. The lowest BCUT2D eigenvalue weighted by Crippen LogP contribution is -2.53. The van der Waals surface area contributed by atoms with Crippen molar-refractivity contribution >= 4 is 23.2 Å². The lowest BCUT2D eigenvalue weighted by molar-refractivity contribution is -0.132. The van der Waals surface area contributed by atoms with Gasteiger partial charge < -0.3 is 9.80 Å². The van der Waals surface area contributed by atoms with E-state index in [0.29, 0.717) is 12.0 Å². The minimum Gasteiger partial charge on any atom is -0.340 e. The molecule has 0 aliphatic carbocycles. The third kappa shape index (κ3) is 2.91. The van der Waals surface area contributed by atoms with Gasteiger partial charge >= 0.3 is 0 Å². The first kappa shape index (κ1) is 15.5. The van der Waals surface area contributed by atoms with E-state index in [2.05, 4.69) is 4.90 Å². The van der Waals surface area contributed by atoms with E-state index in [1.165, 1.54) is 11.3 Å². The number of nitrogens with zero attached hydrogens (tertiary/aromatic N) is 2. The van der Waals surface area contributed by atoms with Gasteiger partial charge in [-0.2, -0.15) is 0 Å². The van der Waals surface area contributed by atoms with Gasteiger partial charge in [0.15, 0.2) is 0 Å². The van der Waals surface area contributed by atoms with Crippen LogP contribution in [0.4, 0.5) is 0 Å². The number of carbonyl (C=O) groups is 2. The van der Waals surface area contributed by atoms with Crippen molar-refractivity contribution in [3.05, 3.63) is 21.9 Å². The molecule has 2 aliphatic heterocycles. The Morgan fingerprint density at radius 1 is 1.23 bits per heavy atom. The third-order valence-electron chi connectivity index (χ3n) is 5.07. The van der Waals surface area contributed by atoms with E-state index in [1.54, 1.807) is 6.92 Å². The molecule has 2 aliphatic rings. The van der Waals surface area contributed by atoms with Gasteiger partial charge in [-0.25, -0.2) is 0 Å². The van der Waals surface area contributed by atoms with E-state index < -0.39 is 0 Å². The molecular weight excluding hydrogens is 296 g/mol. The first-order valence-corrected chi connectivity index (χ1v) is 9.06. The maximum absolute atomic E-state index is 12.7. The van der Waals surface area contributed by atoms with Crippen molar-refractivity contribution in [3.8, 4) is 0 Å². The van der Waals surface area contributed by atoms with Crippen LogP contribution in [0.3, 0.4) is 0 Å². The quantitative estimate of drug-likeness (QED) is 0.798. The number of thiophene rings is 1. The molecule has 2 atom stereocenters. The summed E-state index contributed by atoms with van der Waals surface area (Å²) in [7, 11) is 0. The lowest BCUT2D eigenvalue weighted by atomic mass is 9.88. The van der Waals surface area contributed by atoms with Crippen molar-refractivity contribution in [2.24, 2.45) is 5.92 Å². The van der Waals surface area contributed by atoms with Gasteiger partial charge in [-0.3, -0.25) is 9.59 Å². The van der Waals surface area contributed by atoms with Crippen molar-refractivity contribution in [2.75, 3.05) is 19.6 Å². The van der Waals surface area contributed by atoms with Crippen LogP contribution in [0.2, 0.25) is 0 Å². The zero-order valence-corrected chi connectivity index (χ0v) is 14.2. The number of likely N-dealkylation sites (tertiary alicyclic amines) is 2. The third-order valence-corrected chi connectivity index (χ3v) is 6.07. The summed E-state index contributed by atoms with van der Waals surface area (Å²) in [6.45, 7) is 6.12. The molecule has 120 valence electrons. The molecule has 22 heavy (non-hydrogen) atoms. The number of piperidine rings is 1. The van der Waals surface area contributed by atoms with Gasteiger partial charge in [-0.05, 0) is 49.1 Å². The first-order chi connectivity index (χ1) is 10.6. The Morgan fingerprint density at radius 3 is 2.73 bits per heavy atom. The van der Waals surface area contributed by atoms with E-state index in [4.69, 9.17) is 0 Å². The zero-order chi connectivity index (χ0) is 15.7. The molecular formula is C17H24N2O2S. The topological polar surface area (TPSA) is 40.6 Å². The summed E-state index contributed by atoms with van der Waals surface area (Å²) in [5, 5.41) is 1.98. The van der Waals surface area contributed by atoms with Crippen LogP contribution in [0, 0.1) is 12.8 Å². The monoisotopic (exact) mass is 320 g/mol. The molecule has 0 saturated carbocycles. The van der Waals surface area contributed by atoms with E-state index in [1.807, 2.05) is 23.3 Å². The van der Waals surface area contributed by atoms with Crippen LogP contribution >= 0.6 is 11.3 Å².